The normalized spacial score (nSPS) is 10.8. The summed E-state index contributed by atoms with van der Waals surface area (Å²) in [4.78, 5) is 12.4. The predicted molar refractivity (Wildman–Crippen MR) is 85.4 cm³/mol. The molecule has 0 unspecified atom stereocenters. The molecule has 0 aliphatic carbocycles. The lowest BCUT2D eigenvalue weighted by atomic mass is 10.1. The first-order valence-corrected chi connectivity index (χ1v) is 7.18. The summed E-state index contributed by atoms with van der Waals surface area (Å²) in [5, 5.41) is 0. The highest BCUT2D eigenvalue weighted by Gasteiger charge is 2.15. The van der Waals surface area contributed by atoms with E-state index in [9.17, 15) is 4.79 Å². The van der Waals surface area contributed by atoms with E-state index in [-0.39, 0.29) is 12.4 Å². The summed E-state index contributed by atoms with van der Waals surface area (Å²) in [6, 6.07) is 6.07. The van der Waals surface area contributed by atoms with E-state index in [2.05, 4.69) is 19.1 Å². The Morgan fingerprint density at radius 2 is 1.62 bits per heavy atom. The monoisotopic (exact) mass is 285 g/mol. The molecule has 112 valence electrons. The van der Waals surface area contributed by atoms with Gasteiger partial charge in [-0.05, 0) is 51.8 Å². The van der Waals surface area contributed by atoms with Crippen molar-refractivity contribution in [1.29, 1.82) is 0 Å². The first-order valence-electron chi connectivity index (χ1n) is 7.18. The van der Waals surface area contributed by atoms with Crippen molar-refractivity contribution in [3.63, 3.8) is 0 Å². The van der Waals surface area contributed by atoms with Crippen LogP contribution >= 0.6 is 0 Å². The van der Waals surface area contributed by atoms with Gasteiger partial charge in [0.15, 0.2) is 6.61 Å². The highest BCUT2D eigenvalue weighted by atomic mass is 16.5. The van der Waals surface area contributed by atoms with Crippen molar-refractivity contribution >= 4 is 5.78 Å². The summed E-state index contributed by atoms with van der Waals surface area (Å²) in [5.74, 6) is 0.842. The Morgan fingerprint density at radius 3 is 2.10 bits per heavy atom. The summed E-state index contributed by atoms with van der Waals surface area (Å²) >= 11 is 0. The van der Waals surface area contributed by atoms with Crippen LogP contribution < -0.4 is 4.74 Å². The average molecular weight is 285 g/mol. The molecule has 0 atom stereocenters. The maximum absolute atomic E-state index is 12.4. The Kier molecular flexibility index (Phi) is 4.21. The molecule has 0 amide bonds. The fourth-order valence-corrected chi connectivity index (χ4v) is 2.75. The van der Waals surface area contributed by atoms with Crippen molar-refractivity contribution in [2.45, 2.75) is 34.6 Å². The molecular weight excluding hydrogens is 262 g/mol. The molecule has 0 fully saturated rings. The maximum atomic E-state index is 12.4. The fraction of sp³-hybridized carbons (Fsp3) is 0.389. The van der Waals surface area contributed by atoms with Crippen LogP contribution in [0.25, 0.3) is 0 Å². The Morgan fingerprint density at radius 1 is 1.05 bits per heavy atom. The summed E-state index contributed by atoms with van der Waals surface area (Å²) in [6.45, 7) is 10.1. The summed E-state index contributed by atoms with van der Waals surface area (Å²) in [7, 11) is 1.97. The van der Waals surface area contributed by atoms with Crippen LogP contribution in [0.3, 0.4) is 0 Å². The lowest BCUT2D eigenvalue weighted by Gasteiger charge is -2.12. The molecule has 0 aliphatic rings. The molecule has 3 heteroatoms. The molecular formula is C18H23NO2. The Bertz CT molecular complexity index is 672. The van der Waals surface area contributed by atoms with Crippen molar-refractivity contribution in [1.82, 2.24) is 4.57 Å². The molecule has 3 nitrogen and oxygen atoms in total. The third kappa shape index (κ3) is 3.02. The van der Waals surface area contributed by atoms with Gasteiger partial charge in [0.2, 0.25) is 5.78 Å². The third-order valence-corrected chi connectivity index (χ3v) is 4.03. The minimum atomic E-state index is 0.0237. The van der Waals surface area contributed by atoms with Gasteiger partial charge < -0.3 is 9.30 Å². The number of rotatable bonds is 4. The zero-order chi connectivity index (χ0) is 15.7. The van der Waals surface area contributed by atoms with Crippen molar-refractivity contribution < 1.29 is 9.53 Å². The largest absolute Gasteiger partial charge is 0.485 e. The van der Waals surface area contributed by atoms with Crippen molar-refractivity contribution in [2.24, 2.45) is 7.05 Å². The maximum Gasteiger partial charge on any atom is 0.202 e. The second kappa shape index (κ2) is 5.76. The van der Waals surface area contributed by atoms with Gasteiger partial charge in [0.1, 0.15) is 5.75 Å². The van der Waals surface area contributed by atoms with E-state index in [1.807, 2.05) is 45.4 Å². The van der Waals surface area contributed by atoms with E-state index in [1.54, 1.807) is 0 Å². The van der Waals surface area contributed by atoms with E-state index in [4.69, 9.17) is 4.74 Å². The molecule has 1 heterocycles. The van der Waals surface area contributed by atoms with Crippen LogP contribution in [-0.2, 0) is 7.05 Å². The van der Waals surface area contributed by atoms with Crippen LogP contribution in [-0.4, -0.2) is 17.0 Å². The molecule has 0 spiro atoms. The van der Waals surface area contributed by atoms with Gasteiger partial charge in [-0.3, -0.25) is 4.79 Å². The molecule has 0 N–H and O–H groups in total. The van der Waals surface area contributed by atoms with Gasteiger partial charge in [0, 0.05) is 24.0 Å². The topological polar surface area (TPSA) is 31.2 Å². The second-order valence-electron chi connectivity index (χ2n) is 5.78. The zero-order valence-electron chi connectivity index (χ0n) is 13.7. The molecule has 0 aliphatic heterocycles. The number of carbonyl (C=O) groups excluding carboxylic acids is 1. The minimum Gasteiger partial charge on any atom is -0.485 e. The molecule has 0 saturated carbocycles. The number of hydrogen-bond acceptors (Lipinski definition) is 2. The highest BCUT2D eigenvalue weighted by Crippen LogP contribution is 2.25. The van der Waals surface area contributed by atoms with Crippen LogP contribution in [0.1, 0.15) is 38.4 Å². The number of carbonyl (C=O) groups is 1. The molecule has 0 radical (unpaired) electrons. The number of Topliss-reactive ketones (excluding diaryl/α,β-unsaturated/α-hetero) is 1. The van der Waals surface area contributed by atoms with Crippen molar-refractivity contribution in [2.75, 3.05) is 6.61 Å². The van der Waals surface area contributed by atoms with E-state index >= 15 is 0 Å². The van der Waals surface area contributed by atoms with Crippen LogP contribution in [0.2, 0.25) is 0 Å². The lowest BCUT2D eigenvalue weighted by Crippen LogP contribution is -2.13. The van der Waals surface area contributed by atoms with E-state index in [1.165, 1.54) is 5.56 Å². The Balaban J connectivity index is 2.17. The number of ketones is 1. The number of nitrogens with zero attached hydrogens (tertiary/aromatic N) is 1. The minimum absolute atomic E-state index is 0.0237. The fourth-order valence-electron chi connectivity index (χ4n) is 2.75. The van der Waals surface area contributed by atoms with Crippen molar-refractivity contribution in [3.8, 4) is 5.75 Å². The molecule has 1 aromatic carbocycles. The van der Waals surface area contributed by atoms with E-state index in [0.29, 0.717) is 0 Å². The van der Waals surface area contributed by atoms with Gasteiger partial charge in [0.05, 0.1) is 0 Å². The van der Waals surface area contributed by atoms with E-state index < -0.39 is 0 Å². The number of benzene rings is 1. The first-order chi connectivity index (χ1) is 9.81. The molecule has 2 rings (SSSR count). The van der Waals surface area contributed by atoms with Gasteiger partial charge >= 0.3 is 0 Å². The van der Waals surface area contributed by atoms with Crippen LogP contribution in [0, 0.1) is 34.6 Å². The lowest BCUT2D eigenvalue weighted by molar-refractivity contribution is 0.0920. The van der Waals surface area contributed by atoms with Crippen LogP contribution in [0.15, 0.2) is 18.2 Å². The Hall–Kier alpha value is -2.03. The number of ether oxygens (including phenoxy) is 1. The summed E-state index contributed by atoms with van der Waals surface area (Å²) in [5.41, 5.74) is 6.16. The highest BCUT2D eigenvalue weighted by molar-refractivity contribution is 5.98. The van der Waals surface area contributed by atoms with Gasteiger partial charge in [-0.1, -0.05) is 17.7 Å². The average Bonchev–Trinajstić information content (AvgIpc) is 2.65. The first kappa shape index (κ1) is 15.4. The van der Waals surface area contributed by atoms with Gasteiger partial charge in [-0.25, -0.2) is 0 Å². The Labute approximate surface area is 126 Å². The number of aryl methyl sites for hydroxylation is 4. The molecule has 1 aromatic heterocycles. The van der Waals surface area contributed by atoms with Crippen LogP contribution in [0.4, 0.5) is 0 Å². The van der Waals surface area contributed by atoms with Crippen LogP contribution in [0.5, 0.6) is 5.75 Å². The second-order valence-corrected chi connectivity index (χ2v) is 5.78. The molecule has 0 bridgehead atoms. The molecule has 21 heavy (non-hydrogen) atoms. The van der Waals surface area contributed by atoms with Gasteiger partial charge in [0.25, 0.3) is 0 Å². The third-order valence-electron chi connectivity index (χ3n) is 4.03. The number of hydrogen-bond donors (Lipinski definition) is 0. The predicted octanol–water partition coefficient (Wildman–Crippen LogP) is 3.83. The molecule has 0 saturated heterocycles. The summed E-state index contributed by atoms with van der Waals surface area (Å²) in [6.07, 6.45) is 0. The number of aromatic nitrogens is 1. The van der Waals surface area contributed by atoms with E-state index in [0.717, 1.165) is 33.8 Å². The smallest absolute Gasteiger partial charge is 0.202 e. The van der Waals surface area contributed by atoms with Crippen molar-refractivity contribution in [3.05, 3.63) is 51.8 Å². The SMILES string of the molecule is Cc1cc(C)c(OCC(=O)c2cc(C)n(C)c2C)c(C)c1. The zero-order valence-corrected chi connectivity index (χ0v) is 13.7. The standard InChI is InChI=1S/C18H23NO2/c1-11-7-12(2)18(13(3)8-11)21-10-17(20)16-9-14(4)19(6)15(16)5/h7-9H,10H2,1-6H3. The quantitative estimate of drug-likeness (QED) is 0.799. The summed E-state index contributed by atoms with van der Waals surface area (Å²) < 4.78 is 7.81. The molecule has 2 aromatic rings. The van der Waals surface area contributed by atoms with Gasteiger partial charge in [-0.2, -0.15) is 0 Å². The van der Waals surface area contributed by atoms with Gasteiger partial charge in [-0.15, -0.1) is 0 Å².